The van der Waals surface area contributed by atoms with Crippen molar-refractivity contribution in [3.05, 3.63) is 167 Å². The molecule has 0 aromatic heterocycles. The highest BCUT2D eigenvalue weighted by Crippen LogP contribution is 2.52. The van der Waals surface area contributed by atoms with Crippen LogP contribution >= 0.6 is 0 Å². The van der Waals surface area contributed by atoms with Crippen molar-refractivity contribution in [1.82, 2.24) is 0 Å². The van der Waals surface area contributed by atoms with Gasteiger partial charge in [-0.05, 0) is 131 Å². The van der Waals surface area contributed by atoms with Crippen molar-refractivity contribution >= 4 is 34.1 Å². The molecule has 7 rings (SSSR count). The molecule has 0 unspecified atom stereocenters. The molecule has 0 fully saturated rings. The van der Waals surface area contributed by atoms with Crippen LogP contribution in [0.5, 0.6) is 0 Å². The Hall–Kier alpha value is -5.08. The van der Waals surface area contributed by atoms with Gasteiger partial charge >= 0.3 is 0 Å². The summed E-state index contributed by atoms with van der Waals surface area (Å²) >= 11 is 0. The highest BCUT2D eigenvalue weighted by Gasteiger charge is 2.37. The Bertz CT molecular complexity index is 2010. The second-order valence-electron chi connectivity index (χ2n) is 17.0. The Labute approximate surface area is 306 Å². The third-order valence-corrected chi connectivity index (χ3v) is 10.7. The maximum absolute atomic E-state index is 2.43. The van der Waals surface area contributed by atoms with Gasteiger partial charge in [0.2, 0.25) is 0 Å². The average molecular weight is 669 g/mol. The molecule has 258 valence electrons. The fourth-order valence-corrected chi connectivity index (χ4v) is 7.49. The van der Waals surface area contributed by atoms with E-state index in [1.54, 1.807) is 0 Å². The first kappa shape index (κ1) is 34.4. The van der Waals surface area contributed by atoms with E-state index in [1.165, 1.54) is 55.9 Å². The molecule has 0 amide bonds. The minimum atomic E-state index is -0.194. The van der Waals surface area contributed by atoms with Crippen LogP contribution in [0.3, 0.4) is 0 Å². The van der Waals surface area contributed by atoms with Crippen LogP contribution in [0.1, 0.15) is 88.8 Å². The van der Waals surface area contributed by atoms with Crippen LogP contribution in [0.15, 0.2) is 133 Å². The molecule has 2 nitrogen and oxygen atoms in total. The van der Waals surface area contributed by atoms with Gasteiger partial charge in [0.05, 0.1) is 0 Å². The summed E-state index contributed by atoms with van der Waals surface area (Å²) in [5.74, 6) is 0. The Balaban J connectivity index is 1.31. The quantitative estimate of drug-likeness (QED) is 0.174. The molecule has 0 bridgehead atoms. The lowest BCUT2D eigenvalue weighted by Crippen LogP contribution is -2.18. The third kappa shape index (κ3) is 6.49. The topological polar surface area (TPSA) is 6.48 Å². The minimum Gasteiger partial charge on any atom is -0.310 e. The number of nitrogens with zero attached hydrogens (tertiary/aromatic N) is 2. The largest absolute Gasteiger partial charge is 0.310 e. The molecule has 2 heteroatoms. The number of fused-ring (bicyclic) bond motifs is 3. The van der Waals surface area contributed by atoms with Gasteiger partial charge in [0.25, 0.3) is 0 Å². The van der Waals surface area contributed by atoms with E-state index >= 15 is 0 Å². The maximum Gasteiger partial charge on any atom is 0.0465 e. The van der Waals surface area contributed by atoms with Gasteiger partial charge in [-0.1, -0.05) is 127 Å². The normalized spacial score (nSPS) is 13.5. The van der Waals surface area contributed by atoms with Gasteiger partial charge in [-0.2, -0.15) is 0 Å². The molecule has 0 aliphatic heterocycles. The zero-order valence-corrected chi connectivity index (χ0v) is 32.1. The van der Waals surface area contributed by atoms with Gasteiger partial charge in [-0.15, -0.1) is 0 Å². The lowest BCUT2D eigenvalue weighted by molar-refractivity contribution is 0.590. The number of benzene rings is 6. The van der Waals surface area contributed by atoms with Crippen LogP contribution in [0.2, 0.25) is 0 Å². The second kappa shape index (κ2) is 12.6. The van der Waals surface area contributed by atoms with E-state index < -0.39 is 0 Å². The summed E-state index contributed by atoms with van der Waals surface area (Å²) in [5.41, 5.74) is 17.5. The van der Waals surface area contributed by atoms with E-state index in [2.05, 4.69) is 212 Å². The van der Waals surface area contributed by atoms with E-state index in [1.807, 2.05) is 0 Å². The Kier molecular flexibility index (Phi) is 8.49. The summed E-state index contributed by atoms with van der Waals surface area (Å²) in [4.78, 5) is 4.80. The molecule has 0 N–H and O–H groups in total. The molecule has 1 aliphatic rings. The highest BCUT2D eigenvalue weighted by molar-refractivity contribution is 5.88. The van der Waals surface area contributed by atoms with Crippen LogP contribution in [0.25, 0.3) is 11.1 Å². The lowest BCUT2D eigenvalue weighted by atomic mass is 9.82. The number of hydrogen-bond acceptors (Lipinski definition) is 2. The van der Waals surface area contributed by atoms with Crippen LogP contribution in [0.4, 0.5) is 34.1 Å². The lowest BCUT2D eigenvalue weighted by Gasteiger charge is -2.30. The average Bonchev–Trinajstić information content (AvgIpc) is 3.32. The zero-order chi connectivity index (χ0) is 36.3. The van der Waals surface area contributed by atoms with Crippen molar-refractivity contribution in [3.8, 4) is 11.1 Å². The zero-order valence-electron chi connectivity index (χ0n) is 32.1. The maximum atomic E-state index is 2.43. The fourth-order valence-electron chi connectivity index (χ4n) is 7.49. The molecule has 0 spiro atoms. The van der Waals surface area contributed by atoms with Gasteiger partial charge in [0.1, 0.15) is 0 Å². The molecular formula is C49H52N2. The first-order chi connectivity index (χ1) is 24.1. The molecule has 0 saturated heterocycles. The van der Waals surface area contributed by atoms with Crippen molar-refractivity contribution in [3.63, 3.8) is 0 Å². The summed E-state index contributed by atoms with van der Waals surface area (Å²) in [6.45, 7) is 22.7. The molecule has 0 heterocycles. The van der Waals surface area contributed by atoms with Crippen LogP contribution < -0.4 is 9.80 Å². The minimum absolute atomic E-state index is 0.0976. The summed E-state index contributed by atoms with van der Waals surface area (Å²) in [7, 11) is 0. The number of aryl methyl sites for hydroxylation is 2. The van der Waals surface area contributed by atoms with Crippen LogP contribution in [-0.4, -0.2) is 0 Å². The van der Waals surface area contributed by atoms with Gasteiger partial charge in [-0.3, -0.25) is 0 Å². The second-order valence-corrected chi connectivity index (χ2v) is 17.0. The van der Waals surface area contributed by atoms with Crippen LogP contribution in [-0.2, 0) is 16.2 Å². The molecule has 6 aromatic carbocycles. The highest BCUT2D eigenvalue weighted by atomic mass is 15.1. The van der Waals surface area contributed by atoms with E-state index in [4.69, 9.17) is 0 Å². The molecular weight excluding hydrogens is 617 g/mol. The molecule has 6 aromatic rings. The first-order valence-electron chi connectivity index (χ1n) is 18.4. The van der Waals surface area contributed by atoms with Gasteiger partial charge in [0.15, 0.2) is 0 Å². The van der Waals surface area contributed by atoms with E-state index in [0.717, 1.165) is 22.7 Å². The summed E-state index contributed by atoms with van der Waals surface area (Å²) in [6, 6.07) is 50.1. The van der Waals surface area contributed by atoms with Crippen molar-refractivity contribution in [2.75, 3.05) is 9.80 Å². The molecule has 51 heavy (non-hydrogen) atoms. The smallest absolute Gasteiger partial charge is 0.0465 e. The summed E-state index contributed by atoms with van der Waals surface area (Å²) < 4.78 is 0. The van der Waals surface area contributed by atoms with E-state index in [-0.39, 0.29) is 16.2 Å². The number of hydrogen-bond donors (Lipinski definition) is 0. The van der Waals surface area contributed by atoms with Crippen molar-refractivity contribution in [1.29, 1.82) is 0 Å². The molecule has 0 saturated carbocycles. The summed E-state index contributed by atoms with van der Waals surface area (Å²) in [6.07, 6.45) is 0. The standard InChI is InChI=1S/C49H52N2/c1-33-11-19-37(20-12-33)50(39-23-15-35(16-24-39)47(3,4)5)41-27-29-43-44-30-28-42(32-46(44)49(9,10)45(43)31-41)51(38-21-13-34(2)14-22-38)40-25-17-36(18-26-40)48(6,7)8/h11-32H,1-10H3. The monoisotopic (exact) mass is 668 g/mol. The Morgan fingerprint density at radius 1 is 0.373 bits per heavy atom. The van der Waals surface area contributed by atoms with E-state index in [9.17, 15) is 0 Å². The van der Waals surface area contributed by atoms with Crippen molar-refractivity contribution < 1.29 is 0 Å². The SMILES string of the molecule is Cc1ccc(N(c2ccc(C(C)(C)C)cc2)c2ccc3c(c2)C(C)(C)c2cc(N(c4ccc(C)cc4)c4ccc(C(C)(C)C)cc4)ccc2-3)cc1. The Morgan fingerprint density at radius 2 is 0.647 bits per heavy atom. The van der Waals surface area contributed by atoms with Gasteiger partial charge in [-0.25, -0.2) is 0 Å². The molecule has 0 radical (unpaired) electrons. The fraction of sp³-hybridized carbons (Fsp3) is 0.265. The Morgan fingerprint density at radius 3 is 0.941 bits per heavy atom. The molecule has 0 atom stereocenters. The van der Waals surface area contributed by atoms with Crippen molar-refractivity contribution in [2.24, 2.45) is 0 Å². The number of rotatable bonds is 6. The summed E-state index contributed by atoms with van der Waals surface area (Å²) in [5, 5.41) is 0. The van der Waals surface area contributed by atoms with Crippen molar-refractivity contribution in [2.45, 2.75) is 85.5 Å². The predicted octanol–water partition coefficient (Wildman–Crippen LogP) is 14.1. The predicted molar refractivity (Wildman–Crippen MR) is 220 cm³/mol. The number of anilines is 6. The first-order valence-corrected chi connectivity index (χ1v) is 18.4. The van der Waals surface area contributed by atoms with Gasteiger partial charge < -0.3 is 9.80 Å². The third-order valence-electron chi connectivity index (χ3n) is 10.7. The van der Waals surface area contributed by atoms with E-state index in [0.29, 0.717) is 0 Å². The van der Waals surface area contributed by atoms with Crippen LogP contribution in [0, 0.1) is 13.8 Å². The van der Waals surface area contributed by atoms with Gasteiger partial charge in [0, 0.05) is 39.5 Å². The molecule has 1 aliphatic carbocycles.